The van der Waals surface area contributed by atoms with Crippen molar-refractivity contribution in [1.82, 2.24) is 14.8 Å². The van der Waals surface area contributed by atoms with Crippen LogP contribution in [-0.4, -0.2) is 14.8 Å². The summed E-state index contributed by atoms with van der Waals surface area (Å²) in [7, 11) is 0. The SMILES string of the molecule is CCCn1c(C)nnc1C(C)(C)c1ccsc1. The number of hydrogen-bond donors (Lipinski definition) is 0. The zero-order chi connectivity index (χ0) is 12.5. The van der Waals surface area contributed by atoms with Gasteiger partial charge in [-0.25, -0.2) is 0 Å². The number of nitrogens with zero attached hydrogens (tertiary/aromatic N) is 3. The molecule has 2 aromatic rings. The summed E-state index contributed by atoms with van der Waals surface area (Å²) >= 11 is 1.73. The third-order valence-corrected chi connectivity index (χ3v) is 3.87. The molecule has 17 heavy (non-hydrogen) atoms. The van der Waals surface area contributed by atoms with Crippen molar-refractivity contribution in [2.45, 2.75) is 46.1 Å². The molecule has 2 rings (SSSR count). The van der Waals surface area contributed by atoms with Crippen LogP contribution in [-0.2, 0) is 12.0 Å². The van der Waals surface area contributed by atoms with Crippen molar-refractivity contribution >= 4 is 11.3 Å². The van der Waals surface area contributed by atoms with Crippen LogP contribution in [0.2, 0.25) is 0 Å². The predicted octanol–water partition coefficient (Wildman–Crippen LogP) is 3.38. The van der Waals surface area contributed by atoms with Crippen molar-refractivity contribution in [2.75, 3.05) is 0 Å². The third kappa shape index (κ3) is 2.14. The van der Waals surface area contributed by atoms with Gasteiger partial charge in [-0.3, -0.25) is 0 Å². The first-order valence-electron chi connectivity index (χ1n) is 6.00. The van der Waals surface area contributed by atoms with Crippen LogP contribution in [0.15, 0.2) is 16.8 Å². The minimum absolute atomic E-state index is 0.0730. The molecule has 2 heterocycles. The fourth-order valence-electron chi connectivity index (χ4n) is 2.08. The molecule has 0 aliphatic carbocycles. The number of thiophene rings is 1. The molecule has 2 aromatic heterocycles. The first-order chi connectivity index (χ1) is 8.07. The van der Waals surface area contributed by atoms with Gasteiger partial charge in [0.1, 0.15) is 11.6 Å². The quantitative estimate of drug-likeness (QED) is 0.831. The van der Waals surface area contributed by atoms with Gasteiger partial charge in [-0.15, -0.1) is 10.2 Å². The first-order valence-corrected chi connectivity index (χ1v) is 6.94. The van der Waals surface area contributed by atoms with Crippen LogP contribution >= 0.6 is 11.3 Å². The molecule has 0 bridgehead atoms. The molecule has 0 radical (unpaired) electrons. The van der Waals surface area contributed by atoms with Gasteiger partial charge < -0.3 is 4.57 Å². The van der Waals surface area contributed by atoms with E-state index < -0.39 is 0 Å². The maximum Gasteiger partial charge on any atom is 0.143 e. The van der Waals surface area contributed by atoms with Crippen LogP contribution < -0.4 is 0 Å². The Labute approximate surface area is 107 Å². The highest BCUT2D eigenvalue weighted by Gasteiger charge is 2.29. The summed E-state index contributed by atoms with van der Waals surface area (Å²) in [4.78, 5) is 0. The number of aromatic nitrogens is 3. The van der Waals surface area contributed by atoms with Crippen LogP contribution in [0.25, 0.3) is 0 Å². The lowest BCUT2D eigenvalue weighted by Gasteiger charge is -2.23. The van der Waals surface area contributed by atoms with Gasteiger partial charge in [-0.1, -0.05) is 6.92 Å². The Bertz CT molecular complexity index is 483. The van der Waals surface area contributed by atoms with Crippen molar-refractivity contribution in [1.29, 1.82) is 0 Å². The molecule has 0 spiro atoms. The molecule has 0 aromatic carbocycles. The molecular formula is C13H19N3S. The Morgan fingerprint density at radius 1 is 1.35 bits per heavy atom. The lowest BCUT2D eigenvalue weighted by molar-refractivity contribution is 0.521. The van der Waals surface area contributed by atoms with Crippen LogP contribution in [0.5, 0.6) is 0 Å². The lowest BCUT2D eigenvalue weighted by Crippen LogP contribution is -2.24. The fourth-order valence-corrected chi connectivity index (χ4v) is 2.91. The summed E-state index contributed by atoms with van der Waals surface area (Å²) in [5, 5.41) is 12.9. The smallest absolute Gasteiger partial charge is 0.143 e. The molecule has 0 aliphatic rings. The normalized spacial score (nSPS) is 12.0. The molecule has 0 saturated heterocycles. The van der Waals surface area contributed by atoms with Gasteiger partial charge in [0, 0.05) is 6.54 Å². The Kier molecular flexibility index (Phi) is 3.33. The Morgan fingerprint density at radius 2 is 2.12 bits per heavy atom. The molecule has 92 valence electrons. The van der Waals surface area contributed by atoms with E-state index in [0.29, 0.717) is 0 Å². The topological polar surface area (TPSA) is 30.7 Å². The molecule has 0 amide bonds. The van der Waals surface area contributed by atoms with Gasteiger partial charge in [0.25, 0.3) is 0 Å². The van der Waals surface area contributed by atoms with Crippen molar-refractivity contribution < 1.29 is 0 Å². The van der Waals surface area contributed by atoms with E-state index in [2.05, 4.69) is 52.4 Å². The molecule has 0 fully saturated rings. The molecule has 0 N–H and O–H groups in total. The Morgan fingerprint density at radius 3 is 2.71 bits per heavy atom. The predicted molar refractivity (Wildman–Crippen MR) is 71.5 cm³/mol. The fraction of sp³-hybridized carbons (Fsp3) is 0.538. The maximum atomic E-state index is 4.38. The van der Waals surface area contributed by atoms with Crippen LogP contribution in [0.4, 0.5) is 0 Å². The summed E-state index contributed by atoms with van der Waals surface area (Å²) in [6.07, 6.45) is 1.10. The zero-order valence-electron chi connectivity index (χ0n) is 10.9. The monoisotopic (exact) mass is 249 g/mol. The number of hydrogen-bond acceptors (Lipinski definition) is 3. The summed E-state index contributed by atoms with van der Waals surface area (Å²) in [6, 6.07) is 2.17. The molecular weight excluding hydrogens is 230 g/mol. The lowest BCUT2D eigenvalue weighted by atomic mass is 9.85. The highest BCUT2D eigenvalue weighted by molar-refractivity contribution is 7.08. The summed E-state index contributed by atoms with van der Waals surface area (Å²) in [6.45, 7) is 9.62. The van der Waals surface area contributed by atoms with Gasteiger partial charge >= 0.3 is 0 Å². The highest BCUT2D eigenvalue weighted by Crippen LogP contribution is 2.31. The largest absolute Gasteiger partial charge is 0.314 e. The summed E-state index contributed by atoms with van der Waals surface area (Å²) < 4.78 is 2.23. The van der Waals surface area contributed by atoms with E-state index in [1.54, 1.807) is 11.3 Å². The Balaban J connectivity index is 2.46. The maximum absolute atomic E-state index is 4.38. The Hall–Kier alpha value is -1.16. The average Bonchev–Trinajstić information content (AvgIpc) is 2.90. The van der Waals surface area contributed by atoms with E-state index in [-0.39, 0.29) is 5.41 Å². The zero-order valence-corrected chi connectivity index (χ0v) is 11.7. The molecule has 0 saturated carbocycles. The van der Waals surface area contributed by atoms with Crippen LogP contribution in [0, 0.1) is 6.92 Å². The van der Waals surface area contributed by atoms with E-state index in [0.717, 1.165) is 24.6 Å². The van der Waals surface area contributed by atoms with Crippen LogP contribution in [0.1, 0.15) is 44.4 Å². The van der Waals surface area contributed by atoms with E-state index in [1.165, 1.54) is 5.56 Å². The second kappa shape index (κ2) is 4.61. The molecule has 0 atom stereocenters. The summed E-state index contributed by atoms with van der Waals surface area (Å²) in [5.74, 6) is 2.07. The van der Waals surface area contributed by atoms with Gasteiger partial charge in [-0.2, -0.15) is 11.3 Å². The van der Waals surface area contributed by atoms with E-state index in [4.69, 9.17) is 0 Å². The van der Waals surface area contributed by atoms with E-state index in [1.807, 2.05) is 6.92 Å². The van der Waals surface area contributed by atoms with Gasteiger partial charge in [0.05, 0.1) is 5.41 Å². The van der Waals surface area contributed by atoms with E-state index in [9.17, 15) is 0 Å². The first kappa shape index (κ1) is 12.3. The third-order valence-electron chi connectivity index (χ3n) is 3.18. The number of rotatable bonds is 4. The van der Waals surface area contributed by atoms with E-state index >= 15 is 0 Å². The van der Waals surface area contributed by atoms with Crippen LogP contribution in [0.3, 0.4) is 0 Å². The number of aryl methyl sites for hydroxylation is 1. The second-order valence-electron chi connectivity index (χ2n) is 4.86. The van der Waals surface area contributed by atoms with Crippen molar-refractivity contribution in [3.63, 3.8) is 0 Å². The minimum atomic E-state index is -0.0730. The van der Waals surface area contributed by atoms with Crippen molar-refractivity contribution in [2.24, 2.45) is 0 Å². The van der Waals surface area contributed by atoms with Gasteiger partial charge in [0.15, 0.2) is 0 Å². The van der Waals surface area contributed by atoms with Crippen molar-refractivity contribution in [3.05, 3.63) is 34.0 Å². The molecule has 0 aliphatic heterocycles. The van der Waals surface area contributed by atoms with Gasteiger partial charge in [0.2, 0.25) is 0 Å². The van der Waals surface area contributed by atoms with Crippen molar-refractivity contribution in [3.8, 4) is 0 Å². The molecule has 4 heteroatoms. The highest BCUT2D eigenvalue weighted by atomic mass is 32.1. The second-order valence-corrected chi connectivity index (χ2v) is 5.64. The molecule has 0 unspecified atom stereocenters. The average molecular weight is 249 g/mol. The minimum Gasteiger partial charge on any atom is -0.314 e. The molecule has 3 nitrogen and oxygen atoms in total. The summed E-state index contributed by atoms with van der Waals surface area (Å²) in [5.41, 5.74) is 1.24. The van der Waals surface area contributed by atoms with Gasteiger partial charge in [-0.05, 0) is 49.6 Å². The standard InChI is InChI=1S/C13H19N3S/c1-5-7-16-10(2)14-15-12(16)13(3,4)11-6-8-17-9-11/h6,8-9H,5,7H2,1-4H3.